The molecule has 1 N–H and O–H groups in total. The van der Waals surface area contributed by atoms with E-state index < -0.39 is 17.7 Å². The smallest absolute Gasteiger partial charge is 0.295 e. The van der Waals surface area contributed by atoms with Gasteiger partial charge in [0.2, 0.25) is 0 Å². The molecular weight excluding hydrogens is 412 g/mol. The number of nitrogens with zero attached hydrogens (tertiary/aromatic N) is 2. The number of carbonyl (C=O) groups excluding carboxylic acids is 2. The fourth-order valence-electron chi connectivity index (χ4n) is 4.14. The maximum absolute atomic E-state index is 13.1. The van der Waals surface area contributed by atoms with Crippen molar-refractivity contribution < 1.29 is 28.6 Å². The third-order valence-electron chi connectivity index (χ3n) is 5.94. The predicted molar refractivity (Wildman–Crippen MR) is 118 cm³/mol. The summed E-state index contributed by atoms with van der Waals surface area (Å²) in [5.74, 6) is 0.539. The summed E-state index contributed by atoms with van der Waals surface area (Å²) in [4.78, 5) is 29.7. The van der Waals surface area contributed by atoms with Crippen LogP contribution in [-0.2, 0) is 9.59 Å². The zero-order valence-corrected chi connectivity index (χ0v) is 18.6. The molecule has 32 heavy (non-hydrogen) atoms. The van der Waals surface area contributed by atoms with Crippen LogP contribution in [0.25, 0.3) is 5.76 Å². The van der Waals surface area contributed by atoms with Gasteiger partial charge in [0.25, 0.3) is 11.7 Å². The number of aliphatic hydroxyl groups is 1. The molecule has 1 amide bonds. The number of ether oxygens (including phenoxy) is 2. The van der Waals surface area contributed by atoms with E-state index in [9.17, 15) is 14.7 Å². The molecule has 3 heterocycles. The van der Waals surface area contributed by atoms with Gasteiger partial charge in [-0.3, -0.25) is 9.59 Å². The number of likely N-dealkylation sites (N-methyl/N-ethyl adjacent to an activating group) is 1. The number of fused-ring (bicyclic) bond motifs is 1. The van der Waals surface area contributed by atoms with Crippen molar-refractivity contribution in [1.29, 1.82) is 0 Å². The minimum Gasteiger partial charge on any atom is -0.507 e. The molecule has 170 valence electrons. The van der Waals surface area contributed by atoms with Gasteiger partial charge in [-0.1, -0.05) is 13.8 Å². The van der Waals surface area contributed by atoms with Crippen molar-refractivity contribution in [2.75, 3.05) is 39.4 Å². The Morgan fingerprint density at radius 3 is 2.47 bits per heavy atom. The Kier molecular flexibility index (Phi) is 6.23. The molecule has 0 aliphatic carbocycles. The molecule has 0 radical (unpaired) electrons. The second kappa shape index (κ2) is 9.08. The summed E-state index contributed by atoms with van der Waals surface area (Å²) >= 11 is 0. The highest BCUT2D eigenvalue weighted by Gasteiger charge is 2.47. The van der Waals surface area contributed by atoms with Gasteiger partial charge in [-0.25, -0.2) is 0 Å². The minimum absolute atomic E-state index is 0.0144. The standard InChI is InChI=1S/C24H28N2O6/c1-4-25(5-2)10-11-26-21(18-8-6-15(3)32-18)20(23(28)24(26)29)22(27)16-7-9-17-19(14-16)31-13-12-30-17/h6-9,14,21,27H,4-5,10-13H2,1-3H3/b22-20+/t21-/m1/s1. The minimum atomic E-state index is -0.799. The summed E-state index contributed by atoms with van der Waals surface area (Å²) < 4.78 is 17.0. The van der Waals surface area contributed by atoms with Gasteiger partial charge in [0.15, 0.2) is 11.5 Å². The first-order chi connectivity index (χ1) is 15.4. The zero-order valence-electron chi connectivity index (χ0n) is 18.6. The Labute approximate surface area is 187 Å². The molecule has 2 aromatic rings. The van der Waals surface area contributed by atoms with Gasteiger partial charge in [0.1, 0.15) is 36.5 Å². The highest BCUT2D eigenvalue weighted by Crippen LogP contribution is 2.41. The lowest BCUT2D eigenvalue weighted by Gasteiger charge is -2.26. The van der Waals surface area contributed by atoms with E-state index in [4.69, 9.17) is 13.9 Å². The van der Waals surface area contributed by atoms with E-state index in [1.54, 1.807) is 37.3 Å². The van der Waals surface area contributed by atoms with E-state index >= 15 is 0 Å². The lowest BCUT2D eigenvalue weighted by atomic mass is 9.99. The average Bonchev–Trinajstić information content (AvgIpc) is 3.34. The van der Waals surface area contributed by atoms with Crippen LogP contribution < -0.4 is 9.47 Å². The van der Waals surface area contributed by atoms with Crippen LogP contribution in [0.1, 0.15) is 37.0 Å². The number of hydrogen-bond donors (Lipinski definition) is 1. The predicted octanol–water partition coefficient (Wildman–Crippen LogP) is 3.12. The number of furan rings is 1. The van der Waals surface area contributed by atoms with Crippen LogP contribution in [0, 0.1) is 6.92 Å². The SMILES string of the molecule is CCN(CC)CCN1C(=O)C(=O)/C(=C(/O)c2ccc3c(c2)OCCO3)[C@H]1c1ccc(C)o1. The fraction of sp³-hybridized carbons (Fsp3) is 0.417. The molecule has 2 aliphatic heterocycles. The Bertz CT molecular complexity index is 1050. The number of benzene rings is 1. The number of amides is 1. The summed E-state index contributed by atoms with van der Waals surface area (Å²) in [6.07, 6.45) is 0. The number of Topliss-reactive ketones (excluding diaryl/α,β-unsaturated/α-hetero) is 1. The molecule has 0 unspecified atom stereocenters. The average molecular weight is 440 g/mol. The van der Waals surface area contributed by atoms with Crippen LogP contribution >= 0.6 is 0 Å². The number of carbonyl (C=O) groups is 2. The van der Waals surface area contributed by atoms with Crippen LogP contribution in [-0.4, -0.2) is 66.0 Å². The van der Waals surface area contributed by atoms with Crippen molar-refractivity contribution in [2.24, 2.45) is 0 Å². The lowest BCUT2D eigenvalue weighted by Crippen LogP contribution is -2.37. The number of aliphatic hydroxyl groups excluding tert-OH is 1. The van der Waals surface area contributed by atoms with Gasteiger partial charge in [0.05, 0.1) is 5.57 Å². The molecular formula is C24H28N2O6. The maximum atomic E-state index is 13.1. The van der Waals surface area contributed by atoms with Crippen molar-refractivity contribution in [3.8, 4) is 11.5 Å². The number of aryl methyl sites for hydroxylation is 1. The summed E-state index contributed by atoms with van der Waals surface area (Å²) in [5, 5.41) is 11.2. The number of likely N-dealkylation sites (tertiary alicyclic amines) is 1. The van der Waals surface area contributed by atoms with Gasteiger partial charge in [0, 0.05) is 18.7 Å². The van der Waals surface area contributed by atoms with E-state index in [1.165, 1.54) is 4.90 Å². The molecule has 1 fully saturated rings. The van der Waals surface area contributed by atoms with Gasteiger partial charge < -0.3 is 28.8 Å². The molecule has 0 saturated carbocycles. The van der Waals surface area contributed by atoms with E-state index in [0.29, 0.717) is 54.9 Å². The number of hydrogen-bond acceptors (Lipinski definition) is 7. The van der Waals surface area contributed by atoms with Crippen molar-refractivity contribution in [3.05, 3.63) is 53.0 Å². The molecule has 1 aromatic heterocycles. The van der Waals surface area contributed by atoms with Gasteiger partial charge in [-0.15, -0.1) is 0 Å². The first-order valence-corrected chi connectivity index (χ1v) is 10.9. The van der Waals surface area contributed by atoms with Crippen LogP contribution in [0.15, 0.2) is 40.3 Å². The van der Waals surface area contributed by atoms with E-state index in [-0.39, 0.29) is 11.3 Å². The maximum Gasteiger partial charge on any atom is 0.295 e. The Morgan fingerprint density at radius 1 is 1.09 bits per heavy atom. The molecule has 0 spiro atoms. The first kappa shape index (κ1) is 22.0. The summed E-state index contributed by atoms with van der Waals surface area (Å²) in [6, 6.07) is 7.69. The Morgan fingerprint density at radius 2 is 1.81 bits per heavy atom. The molecule has 1 saturated heterocycles. The van der Waals surface area contributed by atoms with Crippen molar-refractivity contribution >= 4 is 17.4 Å². The van der Waals surface area contributed by atoms with E-state index in [0.717, 1.165) is 13.1 Å². The molecule has 1 aromatic carbocycles. The molecule has 4 rings (SSSR count). The van der Waals surface area contributed by atoms with E-state index in [1.807, 2.05) is 13.8 Å². The topological polar surface area (TPSA) is 92.5 Å². The Balaban J connectivity index is 1.76. The van der Waals surface area contributed by atoms with Crippen LogP contribution in [0.4, 0.5) is 0 Å². The summed E-state index contributed by atoms with van der Waals surface area (Å²) in [6.45, 7) is 9.37. The summed E-state index contributed by atoms with van der Waals surface area (Å²) in [5.41, 5.74) is 0.393. The van der Waals surface area contributed by atoms with Crippen LogP contribution in [0.3, 0.4) is 0 Å². The normalized spacial score (nSPS) is 19.8. The largest absolute Gasteiger partial charge is 0.507 e. The molecule has 1 atom stereocenters. The van der Waals surface area contributed by atoms with Crippen molar-refractivity contribution in [2.45, 2.75) is 26.8 Å². The van der Waals surface area contributed by atoms with Crippen LogP contribution in [0.5, 0.6) is 11.5 Å². The van der Waals surface area contributed by atoms with Gasteiger partial charge in [-0.2, -0.15) is 0 Å². The van der Waals surface area contributed by atoms with Crippen LogP contribution in [0.2, 0.25) is 0 Å². The lowest BCUT2D eigenvalue weighted by molar-refractivity contribution is -0.140. The number of ketones is 1. The second-order valence-electron chi connectivity index (χ2n) is 7.83. The second-order valence-corrected chi connectivity index (χ2v) is 7.83. The third kappa shape index (κ3) is 3.98. The van der Waals surface area contributed by atoms with Gasteiger partial charge in [-0.05, 0) is 50.3 Å². The highest BCUT2D eigenvalue weighted by molar-refractivity contribution is 6.46. The highest BCUT2D eigenvalue weighted by atomic mass is 16.6. The zero-order chi connectivity index (χ0) is 22.8. The molecule has 2 aliphatic rings. The summed E-state index contributed by atoms with van der Waals surface area (Å²) in [7, 11) is 0. The number of rotatable bonds is 7. The molecule has 0 bridgehead atoms. The monoisotopic (exact) mass is 440 g/mol. The van der Waals surface area contributed by atoms with Crippen molar-refractivity contribution in [3.63, 3.8) is 0 Å². The Hall–Kier alpha value is -3.26. The molecule has 8 nitrogen and oxygen atoms in total. The molecule has 8 heteroatoms. The fourth-order valence-corrected chi connectivity index (χ4v) is 4.14. The van der Waals surface area contributed by atoms with Gasteiger partial charge >= 0.3 is 0 Å². The third-order valence-corrected chi connectivity index (χ3v) is 5.94. The quantitative estimate of drug-likeness (QED) is 0.402. The van der Waals surface area contributed by atoms with E-state index in [2.05, 4.69) is 4.90 Å². The first-order valence-electron chi connectivity index (χ1n) is 10.9. The van der Waals surface area contributed by atoms with Crippen molar-refractivity contribution in [1.82, 2.24) is 9.80 Å².